The molecule has 24 heavy (non-hydrogen) atoms. The number of nitrogens with zero attached hydrogens (tertiary/aromatic N) is 1. The summed E-state index contributed by atoms with van der Waals surface area (Å²) in [4.78, 5) is 14.5. The van der Waals surface area contributed by atoms with Gasteiger partial charge in [0.1, 0.15) is 5.76 Å². The van der Waals surface area contributed by atoms with Gasteiger partial charge in [-0.2, -0.15) is 11.3 Å². The van der Waals surface area contributed by atoms with Crippen LogP contribution in [-0.2, 0) is 13.1 Å². The van der Waals surface area contributed by atoms with Crippen LogP contribution in [0, 0.1) is 13.8 Å². The van der Waals surface area contributed by atoms with E-state index in [1.807, 2.05) is 49.6 Å². The van der Waals surface area contributed by atoms with Crippen LogP contribution in [0.15, 0.2) is 57.8 Å². The van der Waals surface area contributed by atoms with Crippen molar-refractivity contribution in [3.05, 3.63) is 75.9 Å². The fourth-order valence-corrected chi connectivity index (χ4v) is 3.30. The molecule has 2 amide bonds. The normalized spacial score (nSPS) is 10.6. The first-order chi connectivity index (χ1) is 11.6. The summed E-state index contributed by atoms with van der Waals surface area (Å²) in [5.41, 5.74) is 4.18. The molecular weight excluding hydrogens is 320 g/mol. The van der Waals surface area contributed by atoms with Crippen molar-refractivity contribution in [2.75, 3.05) is 5.32 Å². The number of rotatable bonds is 5. The Labute approximate surface area is 145 Å². The van der Waals surface area contributed by atoms with Gasteiger partial charge in [-0.1, -0.05) is 6.07 Å². The minimum absolute atomic E-state index is 0.136. The van der Waals surface area contributed by atoms with Gasteiger partial charge in [0.2, 0.25) is 0 Å². The Morgan fingerprint density at radius 2 is 1.96 bits per heavy atom. The smallest absolute Gasteiger partial charge is 0.322 e. The quantitative estimate of drug-likeness (QED) is 0.694. The number of thiophene rings is 1. The molecule has 0 aliphatic carbocycles. The maximum Gasteiger partial charge on any atom is 0.322 e. The fourth-order valence-electron chi connectivity index (χ4n) is 2.64. The van der Waals surface area contributed by atoms with Gasteiger partial charge in [0.05, 0.1) is 12.8 Å². The summed E-state index contributed by atoms with van der Waals surface area (Å²) in [7, 11) is 0. The summed E-state index contributed by atoms with van der Waals surface area (Å²) in [6, 6.07) is 11.6. The molecule has 0 bridgehead atoms. The van der Waals surface area contributed by atoms with E-state index < -0.39 is 0 Å². The number of carbonyl (C=O) groups is 1. The van der Waals surface area contributed by atoms with Gasteiger partial charge in [-0.25, -0.2) is 4.79 Å². The molecule has 1 aromatic carbocycles. The van der Waals surface area contributed by atoms with Crippen molar-refractivity contribution in [1.82, 2.24) is 4.90 Å². The maximum atomic E-state index is 12.8. The Kier molecular flexibility index (Phi) is 5.01. The highest BCUT2D eigenvalue weighted by molar-refractivity contribution is 7.07. The van der Waals surface area contributed by atoms with Crippen molar-refractivity contribution >= 4 is 23.1 Å². The van der Waals surface area contributed by atoms with Gasteiger partial charge in [-0.15, -0.1) is 0 Å². The largest absolute Gasteiger partial charge is 0.467 e. The first-order valence-electron chi connectivity index (χ1n) is 7.78. The third-order valence-corrected chi connectivity index (χ3v) is 4.37. The summed E-state index contributed by atoms with van der Waals surface area (Å²) >= 11 is 1.63. The van der Waals surface area contributed by atoms with Crippen LogP contribution in [-0.4, -0.2) is 10.9 Å². The van der Waals surface area contributed by atoms with Crippen molar-refractivity contribution in [3.8, 4) is 0 Å². The van der Waals surface area contributed by atoms with Crippen LogP contribution in [0.1, 0.15) is 22.5 Å². The number of nitrogens with one attached hydrogen (secondary N) is 1. The Balaban J connectivity index is 1.76. The Morgan fingerprint density at radius 1 is 1.17 bits per heavy atom. The molecule has 3 aromatic rings. The summed E-state index contributed by atoms with van der Waals surface area (Å²) in [5, 5.41) is 7.07. The first kappa shape index (κ1) is 16.3. The molecule has 2 aromatic heterocycles. The van der Waals surface area contributed by atoms with Gasteiger partial charge in [0.15, 0.2) is 0 Å². The zero-order valence-corrected chi connectivity index (χ0v) is 14.6. The van der Waals surface area contributed by atoms with E-state index in [-0.39, 0.29) is 6.03 Å². The lowest BCUT2D eigenvalue weighted by Crippen LogP contribution is -2.33. The highest BCUT2D eigenvalue weighted by atomic mass is 32.1. The lowest BCUT2D eigenvalue weighted by atomic mass is 10.1. The zero-order valence-electron chi connectivity index (χ0n) is 13.8. The Bertz CT molecular complexity index is 738. The number of carbonyl (C=O) groups excluding carboxylic acids is 1. The number of amides is 2. The van der Waals surface area contributed by atoms with Gasteiger partial charge in [0.25, 0.3) is 0 Å². The van der Waals surface area contributed by atoms with Gasteiger partial charge < -0.3 is 14.6 Å². The second-order valence-corrected chi connectivity index (χ2v) is 6.65. The van der Waals surface area contributed by atoms with Gasteiger partial charge in [0, 0.05) is 12.2 Å². The molecule has 0 radical (unpaired) electrons. The molecule has 0 aliphatic heterocycles. The minimum Gasteiger partial charge on any atom is -0.467 e. The third kappa shape index (κ3) is 4.26. The average molecular weight is 340 g/mol. The van der Waals surface area contributed by atoms with E-state index in [0.717, 1.165) is 28.1 Å². The highest BCUT2D eigenvalue weighted by Crippen LogP contribution is 2.17. The minimum atomic E-state index is -0.136. The topological polar surface area (TPSA) is 45.5 Å². The molecule has 0 spiro atoms. The average Bonchev–Trinajstić information content (AvgIpc) is 3.19. The number of aryl methyl sites for hydroxylation is 2. The van der Waals surface area contributed by atoms with Crippen molar-refractivity contribution in [2.45, 2.75) is 26.9 Å². The van der Waals surface area contributed by atoms with E-state index in [9.17, 15) is 4.79 Å². The van der Waals surface area contributed by atoms with Crippen LogP contribution in [0.4, 0.5) is 10.5 Å². The molecule has 1 N–H and O–H groups in total. The fraction of sp³-hybridized carbons (Fsp3) is 0.211. The maximum absolute atomic E-state index is 12.8. The molecule has 124 valence electrons. The van der Waals surface area contributed by atoms with Crippen molar-refractivity contribution in [2.24, 2.45) is 0 Å². The van der Waals surface area contributed by atoms with E-state index in [1.54, 1.807) is 22.5 Å². The second-order valence-electron chi connectivity index (χ2n) is 5.87. The summed E-state index contributed by atoms with van der Waals surface area (Å²) in [5.74, 6) is 0.765. The molecule has 0 atom stereocenters. The predicted octanol–water partition coefficient (Wildman–Crippen LogP) is 5.19. The molecular formula is C19H20N2O2S. The number of anilines is 1. The SMILES string of the molecule is Cc1cc(C)cc(NC(=O)N(Cc2ccsc2)Cc2ccco2)c1. The zero-order chi connectivity index (χ0) is 16.9. The third-order valence-electron chi connectivity index (χ3n) is 3.64. The summed E-state index contributed by atoms with van der Waals surface area (Å²) in [6.07, 6.45) is 1.62. The predicted molar refractivity (Wildman–Crippen MR) is 97.2 cm³/mol. The number of hydrogen-bond acceptors (Lipinski definition) is 3. The number of benzene rings is 1. The highest BCUT2D eigenvalue weighted by Gasteiger charge is 2.16. The molecule has 5 heteroatoms. The lowest BCUT2D eigenvalue weighted by Gasteiger charge is -2.22. The van der Waals surface area contributed by atoms with Crippen molar-refractivity contribution in [3.63, 3.8) is 0 Å². The van der Waals surface area contributed by atoms with Gasteiger partial charge >= 0.3 is 6.03 Å². The standard InChI is InChI=1S/C19H20N2O2S/c1-14-8-15(2)10-17(9-14)20-19(22)21(11-16-5-7-24-13-16)12-18-4-3-6-23-18/h3-10,13H,11-12H2,1-2H3,(H,20,22). The monoisotopic (exact) mass is 340 g/mol. The molecule has 0 saturated carbocycles. The van der Waals surface area contributed by atoms with Crippen molar-refractivity contribution < 1.29 is 9.21 Å². The summed E-state index contributed by atoms with van der Waals surface area (Å²) in [6.45, 7) is 5.02. The van der Waals surface area contributed by atoms with E-state index >= 15 is 0 Å². The van der Waals surface area contributed by atoms with E-state index in [0.29, 0.717) is 13.1 Å². The molecule has 0 unspecified atom stereocenters. The Hall–Kier alpha value is -2.53. The van der Waals surface area contributed by atoms with Crippen LogP contribution in [0.2, 0.25) is 0 Å². The lowest BCUT2D eigenvalue weighted by molar-refractivity contribution is 0.201. The van der Waals surface area contributed by atoms with Crippen LogP contribution < -0.4 is 5.32 Å². The molecule has 0 aliphatic rings. The molecule has 0 saturated heterocycles. The van der Waals surface area contributed by atoms with E-state index in [1.165, 1.54) is 0 Å². The van der Waals surface area contributed by atoms with Gasteiger partial charge in [-0.3, -0.25) is 0 Å². The molecule has 3 rings (SSSR count). The summed E-state index contributed by atoms with van der Waals surface area (Å²) < 4.78 is 5.40. The van der Waals surface area contributed by atoms with Crippen LogP contribution in [0.3, 0.4) is 0 Å². The van der Waals surface area contributed by atoms with E-state index in [4.69, 9.17) is 4.42 Å². The first-order valence-corrected chi connectivity index (χ1v) is 8.72. The van der Waals surface area contributed by atoms with E-state index in [2.05, 4.69) is 16.8 Å². The molecule has 0 fully saturated rings. The van der Waals surface area contributed by atoms with Crippen LogP contribution in [0.25, 0.3) is 0 Å². The number of urea groups is 1. The van der Waals surface area contributed by atoms with Crippen LogP contribution >= 0.6 is 11.3 Å². The Morgan fingerprint density at radius 3 is 2.58 bits per heavy atom. The van der Waals surface area contributed by atoms with Gasteiger partial charge in [-0.05, 0) is 71.6 Å². The molecule has 4 nitrogen and oxygen atoms in total. The second kappa shape index (κ2) is 7.36. The van der Waals surface area contributed by atoms with Crippen LogP contribution in [0.5, 0.6) is 0 Å². The molecule has 2 heterocycles. The number of hydrogen-bond donors (Lipinski definition) is 1. The van der Waals surface area contributed by atoms with Crippen molar-refractivity contribution in [1.29, 1.82) is 0 Å². The number of furan rings is 1.